The average Bonchev–Trinajstić information content (AvgIpc) is 2.42. The lowest BCUT2D eigenvalue weighted by Gasteiger charge is -2.43. The molecule has 1 atom stereocenters. The maximum Gasteiger partial charge on any atom is 0.416 e. The Kier molecular flexibility index (Phi) is 7.78. The number of hydrogen-bond acceptors (Lipinski definition) is 2. The highest BCUT2D eigenvalue weighted by molar-refractivity contribution is 5.85. The predicted molar refractivity (Wildman–Crippen MR) is 90.4 cm³/mol. The van der Waals surface area contributed by atoms with E-state index in [9.17, 15) is 17.6 Å². The van der Waals surface area contributed by atoms with Crippen LogP contribution in [0.25, 0.3) is 0 Å². The van der Waals surface area contributed by atoms with Crippen molar-refractivity contribution in [3.63, 3.8) is 0 Å². The van der Waals surface area contributed by atoms with Crippen LogP contribution in [0.1, 0.15) is 36.4 Å². The van der Waals surface area contributed by atoms with Crippen molar-refractivity contribution in [2.45, 2.75) is 31.5 Å². The van der Waals surface area contributed by atoms with Crippen molar-refractivity contribution in [2.75, 3.05) is 26.2 Å². The molecule has 1 heterocycles. The number of rotatable bonds is 3. The van der Waals surface area contributed by atoms with E-state index < -0.39 is 17.6 Å². The van der Waals surface area contributed by atoms with E-state index in [1.165, 1.54) is 6.07 Å². The van der Waals surface area contributed by atoms with Crippen molar-refractivity contribution in [3.8, 4) is 0 Å². The highest BCUT2D eigenvalue weighted by Gasteiger charge is 2.36. The molecule has 1 saturated carbocycles. The van der Waals surface area contributed by atoms with Gasteiger partial charge in [0.2, 0.25) is 0 Å². The molecule has 0 spiro atoms. The van der Waals surface area contributed by atoms with E-state index in [0.29, 0.717) is 17.5 Å². The molecule has 0 unspecified atom stereocenters. The second-order valence-corrected chi connectivity index (χ2v) is 6.19. The van der Waals surface area contributed by atoms with Crippen LogP contribution in [0.3, 0.4) is 0 Å². The van der Waals surface area contributed by atoms with Crippen LogP contribution in [-0.2, 0) is 6.18 Å². The molecule has 1 aromatic rings. The Morgan fingerprint density at radius 1 is 1.04 bits per heavy atom. The van der Waals surface area contributed by atoms with Gasteiger partial charge in [-0.3, -0.25) is 4.90 Å². The minimum atomic E-state index is -4.51. The number of piperazine rings is 1. The van der Waals surface area contributed by atoms with Gasteiger partial charge in [0, 0.05) is 32.2 Å². The summed E-state index contributed by atoms with van der Waals surface area (Å²) in [6, 6.07) is 2.89. The smallest absolute Gasteiger partial charge is 0.314 e. The molecule has 3 rings (SSSR count). The maximum absolute atomic E-state index is 13.7. The van der Waals surface area contributed by atoms with E-state index in [2.05, 4.69) is 10.2 Å². The van der Waals surface area contributed by atoms with Gasteiger partial charge in [-0.2, -0.15) is 13.2 Å². The molecule has 1 aliphatic heterocycles. The third-order valence-corrected chi connectivity index (χ3v) is 4.73. The molecule has 0 bridgehead atoms. The van der Waals surface area contributed by atoms with Crippen LogP contribution in [0, 0.1) is 11.7 Å². The number of hydrogen-bond donors (Lipinski definition) is 1. The molecule has 24 heavy (non-hydrogen) atoms. The molecule has 1 aromatic carbocycles. The van der Waals surface area contributed by atoms with Gasteiger partial charge in [0.1, 0.15) is 5.82 Å². The summed E-state index contributed by atoms with van der Waals surface area (Å²) in [5.74, 6) is -0.467. The molecular formula is C16H22Cl2F4N2. The summed E-state index contributed by atoms with van der Waals surface area (Å²) in [6.07, 6.45) is -1.39. The zero-order chi connectivity index (χ0) is 15.7. The first-order valence-corrected chi connectivity index (χ1v) is 7.77. The molecule has 138 valence electrons. The van der Waals surface area contributed by atoms with Crippen molar-refractivity contribution in [1.82, 2.24) is 10.2 Å². The molecule has 2 nitrogen and oxygen atoms in total. The zero-order valence-electron chi connectivity index (χ0n) is 13.1. The van der Waals surface area contributed by atoms with Crippen LogP contribution >= 0.6 is 24.8 Å². The minimum absolute atomic E-state index is 0. The summed E-state index contributed by atoms with van der Waals surface area (Å²) in [7, 11) is 0. The van der Waals surface area contributed by atoms with Crippen molar-refractivity contribution in [3.05, 3.63) is 35.1 Å². The standard InChI is InChI=1S/C16H20F4N2.2ClH/c17-14-9-12(8-13(10-14)16(18,19)20)15(11-2-1-3-11)22-6-4-21-5-7-22;;/h8-11,15,21H,1-7H2;2*1H/t15-;;/m1../s1. The quantitative estimate of drug-likeness (QED) is 0.770. The van der Waals surface area contributed by atoms with E-state index >= 15 is 0 Å². The second kappa shape index (κ2) is 8.70. The lowest BCUT2D eigenvalue weighted by molar-refractivity contribution is -0.137. The first kappa shape index (κ1) is 21.5. The fourth-order valence-corrected chi connectivity index (χ4v) is 3.44. The van der Waals surface area contributed by atoms with Gasteiger partial charge in [-0.05, 0) is 42.5 Å². The largest absolute Gasteiger partial charge is 0.416 e. The molecular weight excluding hydrogens is 367 g/mol. The van der Waals surface area contributed by atoms with Crippen molar-refractivity contribution >= 4 is 24.8 Å². The van der Waals surface area contributed by atoms with Crippen LogP contribution in [0.2, 0.25) is 0 Å². The number of alkyl halides is 3. The average molecular weight is 389 g/mol. The van der Waals surface area contributed by atoms with Gasteiger partial charge in [0.15, 0.2) is 0 Å². The molecule has 8 heteroatoms. The topological polar surface area (TPSA) is 15.3 Å². The van der Waals surface area contributed by atoms with Crippen LogP contribution in [-0.4, -0.2) is 31.1 Å². The molecule has 0 aromatic heterocycles. The van der Waals surface area contributed by atoms with Gasteiger partial charge in [0.25, 0.3) is 0 Å². The summed E-state index contributed by atoms with van der Waals surface area (Å²) in [5, 5.41) is 3.25. The molecule has 2 aliphatic rings. The third-order valence-electron chi connectivity index (χ3n) is 4.73. The van der Waals surface area contributed by atoms with Crippen molar-refractivity contribution in [1.29, 1.82) is 0 Å². The summed E-state index contributed by atoms with van der Waals surface area (Å²) in [4.78, 5) is 2.20. The summed E-state index contributed by atoms with van der Waals surface area (Å²) < 4.78 is 52.6. The van der Waals surface area contributed by atoms with Crippen molar-refractivity contribution < 1.29 is 17.6 Å². The Balaban J connectivity index is 0.00000144. The maximum atomic E-state index is 13.7. The zero-order valence-corrected chi connectivity index (χ0v) is 14.7. The summed E-state index contributed by atoms with van der Waals surface area (Å²) in [5.41, 5.74) is -0.416. The van der Waals surface area contributed by atoms with E-state index in [1.54, 1.807) is 0 Å². The molecule has 2 fully saturated rings. The van der Waals surface area contributed by atoms with Gasteiger partial charge in [0.05, 0.1) is 5.56 Å². The second-order valence-electron chi connectivity index (χ2n) is 6.19. The van der Waals surface area contributed by atoms with Gasteiger partial charge < -0.3 is 5.32 Å². The lowest BCUT2D eigenvalue weighted by atomic mass is 9.76. The first-order chi connectivity index (χ1) is 10.4. The fraction of sp³-hybridized carbons (Fsp3) is 0.625. The van der Waals surface area contributed by atoms with Gasteiger partial charge in [-0.25, -0.2) is 4.39 Å². The van der Waals surface area contributed by atoms with E-state index in [1.807, 2.05) is 0 Å². The third kappa shape index (κ3) is 4.75. The van der Waals surface area contributed by atoms with Crippen molar-refractivity contribution in [2.24, 2.45) is 5.92 Å². The number of nitrogens with one attached hydrogen (secondary N) is 1. The molecule has 1 saturated heterocycles. The molecule has 1 aliphatic carbocycles. The summed E-state index contributed by atoms with van der Waals surface area (Å²) >= 11 is 0. The normalized spacial score (nSPS) is 20.5. The molecule has 0 amide bonds. The monoisotopic (exact) mass is 388 g/mol. The molecule has 1 N–H and O–H groups in total. The van der Waals surface area contributed by atoms with Gasteiger partial charge in [-0.15, -0.1) is 24.8 Å². The number of halogens is 6. The Morgan fingerprint density at radius 3 is 2.17 bits per heavy atom. The Labute approximate surface area is 151 Å². The van der Waals surface area contributed by atoms with Crippen LogP contribution in [0.4, 0.5) is 17.6 Å². The first-order valence-electron chi connectivity index (χ1n) is 7.77. The fourth-order valence-electron chi connectivity index (χ4n) is 3.44. The summed E-state index contributed by atoms with van der Waals surface area (Å²) in [6.45, 7) is 3.23. The van der Waals surface area contributed by atoms with Gasteiger partial charge >= 0.3 is 6.18 Å². The lowest BCUT2D eigenvalue weighted by Crippen LogP contribution is -2.47. The Bertz CT molecular complexity index is 529. The van der Waals surface area contributed by atoms with Crippen LogP contribution < -0.4 is 5.32 Å². The van der Waals surface area contributed by atoms with Crippen LogP contribution in [0.15, 0.2) is 18.2 Å². The highest BCUT2D eigenvalue weighted by Crippen LogP contribution is 2.43. The van der Waals surface area contributed by atoms with E-state index in [-0.39, 0.29) is 30.9 Å². The van der Waals surface area contributed by atoms with Gasteiger partial charge in [-0.1, -0.05) is 6.42 Å². The minimum Gasteiger partial charge on any atom is -0.314 e. The SMILES string of the molecule is Cl.Cl.Fc1cc([C@@H](C2CCC2)N2CCNCC2)cc(C(F)(F)F)c1. The van der Waals surface area contributed by atoms with E-state index in [4.69, 9.17) is 0 Å². The Hall–Kier alpha value is -0.560. The molecule has 0 radical (unpaired) electrons. The highest BCUT2D eigenvalue weighted by atomic mass is 35.5. The predicted octanol–water partition coefficient (Wildman–Crippen LogP) is 4.43. The van der Waals surface area contributed by atoms with E-state index in [0.717, 1.165) is 51.5 Å². The number of nitrogens with zero attached hydrogens (tertiary/aromatic N) is 1. The Morgan fingerprint density at radius 2 is 1.67 bits per heavy atom. The number of benzene rings is 1. The van der Waals surface area contributed by atoms with Crippen LogP contribution in [0.5, 0.6) is 0 Å².